The summed E-state index contributed by atoms with van der Waals surface area (Å²) in [6, 6.07) is 4.80. The van der Waals surface area contributed by atoms with E-state index in [4.69, 9.17) is 37.4 Å². The van der Waals surface area contributed by atoms with E-state index in [9.17, 15) is 9.59 Å². The molecule has 7 nitrogen and oxygen atoms in total. The quantitative estimate of drug-likeness (QED) is 0.690. The number of amides is 2. The number of halogens is 2. The van der Waals surface area contributed by atoms with Gasteiger partial charge in [0.05, 0.1) is 6.61 Å². The highest BCUT2D eigenvalue weighted by Crippen LogP contribution is 2.65. The molecular formula is C18H20Cl2N2O5. The number of fused-ring (bicyclic) bond motifs is 1. The molecule has 2 aliphatic heterocycles. The number of carbonyl (C=O) groups is 2. The van der Waals surface area contributed by atoms with Crippen LogP contribution in [0, 0.1) is 5.41 Å². The Kier molecular flexibility index (Phi) is 4.44. The first kappa shape index (κ1) is 18.7. The van der Waals surface area contributed by atoms with Gasteiger partial charge in [-0.2, -0.15) is 0 Å². The maximum absolute atomic E-state index is 13.0. The lowest BCUT2D eigenvalue weighted by atomic mass is 10.0. The fourth-order valence-corrected chi connectivity index (χ4v) is 4.57. The fourth-order valence-electron chi connectivity index (χ4n) is 3.84. The van der Waals surface area contributed by atoms with Crippen molar-refractivity contribution in [3.63, 3.8) is 0 Å². The van der Waals surface area contributed by atoms with E-state index in [2.05, 4.69) is 0 Å². The zero-order chi connectivity index (χ0) is 19.4. The predicted molar refractivity (Wildman–Crippen MR) is 99.5 cm³/mol. The normalized spacial score (nSPS) is 27.8. The number of hydrogen-bond acceptors (Lipinski definition) is 5. The van der Waals surface area contributed by atoms with E-state index in [1.54, 1.807) is 24.1 Å². The number of likely N-dealkylation sites (N-methyl/N-ethyl adjacent to an activating group) is 1. The summed E-state index contributed by atoms with van der Waals surface area (Å²) in [7, 11) is 3.12. The SMILES string of the molecule is COCC1(C(=O)N(C)C2CCN(c3ccc4c(c3)OCO4)C2=O)CC1(Cl)Cl. The first-order chi connectivity index (χ1) is 12.8. The fraction of sp³-hybridized carbons (Fsp3) is 0.556. The van der Waals surface area contributed by atoms with Crippen LogP contribution in [0.4, 0.5) is 5.69 Å². The van der Waals surface area contributed by atoms with Crippen molar-refractivity contribution in [3.05, 3.63) is 18.2 Å². The minimum atomic E-state index is -1.16. The van der Waals surface area contributed by atoms with Gasteiger partial charge in [0.15, 0.2) is 11.5 Å². The molecule has 4 rings (SSSR count). The average Bonchev–Trinajstić information content (AvgIpc) is 3.01. The van der Waals surface area contributed by atoms with Crippen LogP contribution in [-0.4, -0.2) is 61.2 Å². The van der Waals surface area contributed by atoms with Gasteiger partial charge in [0.25, 0.3) is 0 Å². The Hall–Kier alpha value is -1.70. The molecule has 0 bridgehead atoms. The number of anilines is 1. The molecule has 1 aromatic rings. The molecule has 0 spiro atoms. The van der Waals surface area contributed by atoms with Crippen molar-refractivity contribution < 1.29 is 23.8 Å². The minimum absolute atomic E-state index is 0.121. The Morgan fingerprint density at radius 1 is 1.37 bits per heavy atom. The van der Waals surface area contributed by atoms with Gasteiger partial charge in [0.2, 0.25) is 18.6 Å². The molecule has 2 atom stereocenters. The smallest absolute Gasteiger partial charge is 0.249 e. The minimum Gasteiger partial charge on any atom is -0.454 e. The van der Waals surface area contributed by atoms with Gasteiger partial charge in [-0.15, -0.1) is 23.2 Å². The van der Waals surface area contributed by atoms with Gasteiger partial charge in [-0.1, -0.05) is 0 Å². The molecule has 27 heavy (non-hydrogen) atoms. The van der Waals surface area contributed by atoms with E-state index in [-0.39, 0.29) is 25.2 Å². The van der Waals surface area contributed by atoms with Gasteiger partial charge in [0.1, 0.15) is 15.8 Å². The molecule has 3 aliphatic rings. The van der Waals surface area contributed by atoms with Crippen LogP contribution in [0.15, 0.2) is 18.2 Å². The third-order valence-corrected chi connectivity index (χ3v) is 6.52. The van der Waals surface area contributed by atoms with Crippen LogP contribution in [0.5, 0.6) is 11.5 Å². The Morgan fingerprint density at radius 2 is 2.07 bits per heavy atom. The molecule has 1 saturated carbocycles. The monoisotopic (exact) mass is 414 g/mol. The molecule has 1 saturated heterocycles. The third kappa shape index (κ3) is 2.83. The highest BCUT2D eigenvalue weighted by molar-refractivity contribution is 6.53. The van der Waals surface area contributed by atoms with Crippen LogP contribution in [0.2, 0.25) is 0 Å². The van der Waals surface area contributed by atoms with Crippen molar-refractivity contribution >= 4 is 40.7 Å². The van der Waals surface area contributed by atoms with Crippen molar-refractivity contribution in [3.8, 4) is 11.5 Å². The lowest BCUT2D eigenvalue weighted by molar-refractivity contribution is -0.143. The van der Waals surface area contributed by atoms with Crippen molar-refractivity contribution in [2.24, 2.45) is 5.41 Å². The van der Waals surface area contributed by atoms with Crippen molar-refractivity contribution in [2.45, 2.75) is 23.2 Å². The first-order valence-electron chi connectivity index (χ1n) is 8.66. The van der Waals surface area contributed by atoms with Gasteiger partial charge in [-0.25, -0.2) is 0 Å². The lowest BCUT2D eigenvalue weighted by Gasteiger charge is -2.28. The summed E-state index contributed by atoms with van der Waals surface area (Å²) in [6.07, 6.45) is 0.836. The zero-order valence-corrected chi connectivity index (χ0v) is 16.5. The van der Waals surface area contributed by atoms with E-state index in [0.29, 0.717) is 30.9 Å². The van der Waals surface area contributed by atoms with Crippen LogP contribution in [0.25, 0.3) is 0 Å². The molecule has 2 unspecified atom stereocenters. The topological polar surface area (TPSA) is 68.3 Å². The van der Waals surface area contributed by atoms with Crippen molar-refractivity contribution in [2.75, 3.05) is 39.0 Å². The maximum atomic E-state index is 13.0. The molecule has 9 heteroatoms. The van der Waals surface area contributed by atoms with Crippen LogP contribution in [-0.2, 0) is 14.3 Å². The Bertz CT molecular complexity index is 802. The summed E-state index contributed by atoms with van der Waals surface area (Å²) < 4.78 is 14.7. The number of ether oxygens (including phenoxy) is 3. The predicted octanol–water partition coefficient (Wildman–Crippen LogP) is 2.19. The van der Waals surface area contributed by atoms with Crippen molar-refractivity contribution in [1.82, 2.24) is 4.90 Å². The number of hydrogen-bond donors (Lipinski definition) is 0. The average molecular weight is 415 g/mol. The lowest BCUT2D eigenvalue weighted by Crippen LogP contribution is -2.48. The summed E-state index contributed by atoms with van der Waals surface area (Å²) >= 11 is 12.4. The standard InChI is InChI=1S/C18H20Cl2N2O5/c1-21(16(24)17(9-25-2)8-18(17,19)20)12-5-6-22(15(12)23)11-3-4-13-14(7-11)27-10-26-13/h3-4,7,12H,5-6,8-10H2,1-2H3. The van der Waals surface area contributed by atoms with E-state index < -0.39 is 15.8 Å². The second kappa shape index (κ2) is 6.43. The highest BCUT2D eigenvalue weighted by atomic mass is 35.5. The van der Waals surface area contributed by atoms with Gasteiger partial charge in [-0.05, 0) is 18.6 Å². The summed E-state index contributed by atoms with van der Waals surface area (Å²) in [5, 5.41) is 0. The number of nitrogens with zero attached hydrogens (tertiary/aromatic N) is 2. The molecular weight excluding hydrogens is 395 g/mol. The zero-order valence-electron chi connectivity index (χ0n) is 15.0. The molecule has 2 heterocycles. The van der Waals surface area contributed by atoms with Gasteiger partial charge in [-0.3, -0.25) is 9.59 Å². The number of rotatable bonds is 5. The highest BCUT2D eigenvalue weighted by Gasteiger charge is 2.72. The Balaban J connectivity index is 1.51. The van der Waals surface area contributed by atoms with Crippen LogP contribution in [0.1, 0.15) is 12.8 Å². The largest absolute Gasteiger partial charge is 0.454 e. The molecule has 1 aromatic carbocycles. The van der Waals surface area contributed by atoms with Crippen LogP contribution >= 0.6 is 23.2 Å². The van der Waals surface area contributed by atoms with E-state index in [1.807, 2.05) is 6.07 Å². The number of alkyl halides is 2. The third-order valence-electron chi connectivity index (χ3n) is 5.53. The first-order valence-corrected chi connectivity index (χ1v) is 9.41. The Morgan fingerprint density at radius 3 is 2.74 bits per heavy atom. The van der Waals surface area contributed by atoms with Gasteiger partial charge < -0.3 is 24.0 Å². The van der Waals surface area contributed by atoms with Crippen molar-refractivity contribution in [1.29, 1.82) is 0 Å². The Labute approximate surface area is 167 Å². The van der Waals surface area contributed by atoms with E-state index in [1.165, 1.54) is 12.0 Å². The second-order valence-electron chi connectivity index (χ2n) is 7.14. The molecule has 146 valence electrons. The molecule has 0 N–H and O–H groups in total. The van der Waals surface area contributed by atoms with Crippen LogP contribution < -0.4 is 14.4 Å². The molecule has 2 amide bonds. The van der Waals surface area contributed by atoms with E-state index >= 15 is 0 Å². The molecule has 2 fully saturated rings. The summed E-state index contributed by atoms with van der Waals surface area (Å²) in [5.41, 5.74) is -0.277. The number of carbonyl (C=O) groups excluding carboxylic acids is 2. The van der Waals surface area contributed by atoms with Gasteiger partial charge in [0, 0.05) is 38.9 Å². The molecule has 0 aromatic heterocycles. The van der Waals surface area contributed by atoms with Crippen LogP contribution in [0.3, 0.4) is 0 Å². The number of methoxy groups -OCH3 is 1. The number of benzene rings is 1. The van der Waals surface area contributed by atoms with E-state index in [0.717, 1.165) is 5.69 Å². The van der Waals surface area contributed by atoms with Gasteiger partial charge >= 0.3 is 0 Å². The summed E-state index contributed by atoms with van der Waals surface area (Å²) in [6.45, 7) is 0.799. The maximum Gasteiger partial charge on any atom is 0.249 e. The molecule has 1 aliphatic carbocycles. The summed E-state index contributed by atoms with van der Waals surface area (Å²) in [4.78, 5) is 29.1. The molecule has 0 radical (unpaired) electrons. The second-order valence-corrected chi connectivity index (χ2v) is 8.63. The summed E-state index contributed by atoms with van der Waals surface area (Å²) in [5.74, 6) is 0.859.